The average molecular weight is 296 g/mol. The summed E-state index contributed by atoms with van der Waals surface area (Å²) in [6.07, 6.45) is 6.37. The van der Waals surface area contributed by atoms with Crippen LogP contribution in [0.15, 0.2) is 23.3 Å². The van der Waals surface area contributed by atoms with Crippen LogP contribution in [-0.2, 0) is 9.31 Å². The van der Waals surface area contributed by atoms with Gasteiger partial charge in [0.1, 0.15) is 5.73 Å². The molecule has 1 aromatic heterocycles. The van der Waals surface area contributed by atoms with Crippen LogP contribution in [0.5, 0.6) is 0 Å². The van der Waals surface area contributed by atoms with Gasteiger partial charge >= 0.3 is 7.12 Å². The van der Waals surface area contributed by atoms with E-state index in [0.29, 0.717) is 10.7 Å². The van der Waals surface area contributed by atoms with Crippen molar-refractivity contribution in [1.29, 1.82) is 0 Å². The Morgan fingerprint density at radius 2 is 1.70 bits per heavy atom. The highest BCUT2D eigenvalue weighted by atomic mass is 32.2. The van der Waals surface area contributed by atoms with Gasteiger partial charge in [-0.05, 0) is 40.0 Å². The number of nitrogens with zero attached hydrogens (tertiary/aromatic N) is 2. The molecule has 1 saturated heterocycles. The molecule has 0 unspecified atom stereocenters. The molecule has 0 spiro atoms. The minimum absolute atomic E-state index is 0.482. The van der Waals surface area contributed by atoms with E-state index in [1.54, 1.807) is 12.4 Å². The van der Waals surface area contributed by atoms with Gasteiger partial charge in [0, 0.05) is 18.0 Å². The molecule has 0 aromatic carbocycles. The molecule has 4 nitrogen and oxygen atoms in total. The Hall–Kier alpha value is -0.915. The van der Waals surface area contributed by atoms with Crippen molar-refractivity contribution in [3.63, 3.8) is 0 Å². The van der Waals surface area contributed by atoms with E-state index < -0.39 is 24.0 Å². The van der Waals surface area contributed by atoms with Crippen LogP contribution in [0.1, 0.15) is 33.3 Å². The molecule has 2 heterocycles. The Morgan fingerprint density at radius 3 is 2.15 bits per heavy atom. The number of hydrogen-bond acceptors (Lipinski definition) is 5. The van der Waals surface area contributed by atoms with Crippen molar-refractivity contribution in [2.45, 2.75) is 44.1 Å². The molecule has 1 aliphatic rings. The van der Waals surface area contributed by atoms with E-state index in [-0.39, 0.29) is 0 Å². The van der Waals surface area contributed by atoms with Gasteiger partial charge in [-0.1, -0.05) is 11.8 Å². The zero-order chi connectivity index (χ0) is 15.0. The standard InChI is InChI=1S/C13H18BFN2O2S/c1-12(2)13(3,4)19-14(18-12)10(15)6-9-7-16-11(20-5)17-8-9/h6-8H,1-5H3. The maximum atomic E-state index is 14.2. The second-order valence-corrected chi connectivity index (χ2v) is 6.39. The molecule has 1 fully saturated rings. The Bertz CT molecular complexity index is 504. The zero-order valence-corrected chi connectivity index (χ0v) is 13.1. The monoisotopic (exact) mass is 296 g/mol. The second kappa shape index (κ2) is 5.46. The predicted molar refractivity (Wildman–Crippen MR) is 79.0 cm³/mol. The van der Waals surface area contributed by atoms with Crippen LogP contribution in [0.25, 0.3) is 6.08 Å². The highest BCUT2D eigenvalue weighted by Gasteiger charge is 2.53. The molecule has 0 atom stereocenters. The third-order valence-corrected chi connectivity index (χ3v) is 4.19. The molecule has 0 aliphatic carbocycles. The largest absolute Gasteiger partial charge is 0.525 e. The topological polar surface area (TPSA) is 44.2 Å². The molecule has 2 rings (SSSR count). The lowest BCUT2D eigenvalue weighted by Gasteiger charge is -2.32. The van der Waals surface area contributed by atoms with Crippen LogP contribution in [0.3, 0.4) is 0 Å². The Morgan fingerprint density at radius 1 is 1.20 bits per heavy atom. The van der Waals surface area contributed by atoms with Crippen molar-refractivity contribution in [3.05, 3.63) is 23.7 Å². The molecular weight excluding hydrogens is 278 g/mol. The smallest absolute Gasteiger partial charge is 0.398 e. The fraction of sp³-hybridized carbons (Fsp3) is 0.538. The first kappa shape index (κ1) is 15.5. The first-order valence-electron chi connectivity index (χ1n) is 6.34. The lowest BCUT2D eigenvalue weighted by molar-refractivity contribution is 0.00578. The van der Waals surface area contributed by atoms with Crippen molar-refractivity contribution < 1.29 is 13.7 Å². The number of halogens is 1. The Kier molecular flexibility index (Phi) is 4.23. The normalized spacial score (nSPS) is 21.3. The lowest BCUT2D eigenvalue weighted by atomic mass is 9.87. The SMILES string of the molecule is CSc1ncc(C=C(F)B2OC(C)(C)C(C)(C)O2)cn1. The minimum Gasteiger partial charge on any atom is -0.398 e. The molecule has 108 valence electrons. The van der Waals surface area contributed by atoms with Gasteiger partial charge in [0.15, 0.2) is 5.16 Å². The highest BCUT2D eigenvalue weighted by Crippen LogP contribution is 2.38. The summed E-state index contributed by atoms with van der Waals surface area (Å²) in [5.41, 5.74) is -1.01. The minimum atomic E-state index is -0.986. The van der Waals surface area contributed by atoms with Crippen molar-refractivity contribution in [2.24, 2.45) is 0 Å². The number of aromatic nitrogens is 2. The van der Waals surface area contributed by atoms with E-state index in [4.69, 9.17) is 9.31 Å². The van der Waals surface area contributed by atoms with Crippen LogP contribution in [0.4, 0.5) is 4.39 Å². The van der Waals surface area contributed by atoms with Gasteiger partial charge in [0.2, 0.25) is 0 Å². The summed E-state index contributed by atoms with van der Waals surface area (Å²) in [7, 11) is -0.986. The van der Waals surface area contributed by atoms with Crippen LogP contribution >= 0.6 is 11.8 Å². The van der Waals surface area contributed by atoms with Gasteiger partial charge in [0.25, 0.3) is 0 Å². The van der Waals surface area contributed by atoms with E-state index in [2.05, 4.69) is 9.97 Å². The van der Waals surface area contributed by atoms with E-state index in [1.165, 1.54) is 17.8 Å². The van der Waals surface area contributed by atoms with E-state index in [1.807, 2.05) is 34.0 Å². The third-order valence-electron chi connectivity index (χ3n) is 3.61. The average Bonchev–Trinajstić information content (AvgIpc) is 2.59. The number of hydrogen-bond donors (Lipinski definition) is 0. The van der Waals surface area contributed by atoms with Crippen molar-refractivity contribution >= 4 is 25.0 Å². The highest BCUT2D eigenvalue weighted by molar-refractivity contribution is 7.98. The van der Waals surface area contributed by atoms with Crippen LogP contribution in [0, 0.1) is 0 Å². The molecule has 0 N–H and O–H groups in total. The fourth-order valence-corrected chi connectivity index (χ4v) is 2.01. The zero-order valence-electron chi connectivity index (χ0n) is 12.3. The fourth-order valence-electron chi connectivity index (χ4n) is 1.69. The van der Waals surface area contributed by atoms with Gasteiger partial charge < -0.3 is 9.31 Å². The second-order valence-electron chi connectivity index (χ2n) is 5.62. The summed E-state index contributed by atoms with van der Waals surface area (Å²) < 4.78 is 25.5. The predicted octanol–water partition coefficient (Wildman–Crippen LogP) is 3.14. The summed E-state index contributed by atoms with van der Waals surface area (Å²) >= 11 is 1.44. The molecule has 0 amide bonds. The number of thioether (sulfide) groups is 1. The van der Waals surface area contributed by atoms with Gasteiger partial charge in [-0.2, -0.15) is 0 Å². The molecule has 20 heavy (non-hydrogen) atoms. The molecule has 0 radical (unpaired) electrons. The molecule has 1 aliphatic heterocycles. The maximum absolute atomic E-state index is 14.2. The Labute approximate surface area is 123 Å². The molecular formula is C13H18BFN2O2S. The quantitative estimate of drug-likeness (QED) is 0.487. The summed E-state index contributed by atoms with van der Waals surface area (Å²) in [5, 5.41) is 0.651. The molecule has 0 saturated carbocycles. The van der Waals surface area contributed by atoms with Gasteiger partial charge in [0.05, 0.1) is 11.2 Å². The first-order valence-corrected chi connectivity index (χ1v) is 7.56. The van der Waals surface area contributed by atoms with Gasteiger partial charge in [-0.3, -0.25) is 0 Å². The summed E-state index contributed by atoms with van der Waals surface area (Å²) in [4.78, 5) is 8.19. The number of rotatable bonds is 3. The van der Waals surface area contributed by atoms with Crippen LogP contribution < -0.4 is 0 Å². The van der Waals surface area contributed by atoms with E-state index in [0.717, 1.165) is 0 Å². The molecule has 1 aromatic rings. The first-order chi connectivity index (χ1) is 9.25. The van der Waals surface area contributed by atoms with Crippen LogP contribution in [0.2, 0.25) is 0 Å². The molecule has 7 heteroatoms. The van der Waals surface area contributed by atoms with Gasteiger partial charge in [-0.25, -0.2) is 14.4 Å². The van der Waals surface area contributed by atoms with E-state index in [9.17, 15) is 4.39 Å². The lowest BCUT2D eigenvalue weighted by Crippen LogP contribution is -2.41. The van der Waals surface area contributed by atoms with Crippen molar-refractivity contribution in [2.75, 3.05) is 6.26 Å². The van der Waals surface area contributed by atoms with Crippen LogP contribution in [-0.4, -0.2) is 34.5 Å². The van der Waals surface area contributed by atoms with Crippen molar-refractivity contribution in [1.82, 2.24) is 9.97 Å². The summed E-state index contributed by atoms with van der Waals surface area (Å²) in [6.45, 7) is 7.54. The summed E-state index contributed by atoms with van der Waals surface area (Å²) in [5.74, 6) is 0. The maximum Gasteiger partial charge on any atom is 0.525 e. The van der Waals surface area contributed by atoms with Gasteiger partial charge in [-0.15, -0.1) is 0 Å². The third kappa shape index (κ3) is 3.05. The van der Waals surface area contributed by atoms with E-state index >= 15 is 0 Å². The van der Waals surface area contributed by atoms with Crippen molar-refractivity contribution in [3.8, 4) is 0 Å². The summed E-state index contributed by atoms with van der Waals surface area (Å²) in [6, 6.07) is 0. The molecule has 0 bridgehead atoms. The Balaban J connectivity index is 2.15.